The quantitative estimate of drug-likeness (QED) is 0.706. The summed E-state index contributed by atoms with van der Waals surface area (Å²) in [7, 11) is 1.52. The van der Waals surface area contributed by atoms with E-state index >= 15 is 0 Å². The fourth-order valence-corrected chi connectivity index (χ4v) is 1.28. The summed E-state index contributed by atoms with van der Waals surface area (Å²) in [4.78, 5) is 19.1. The molecule has 0 radical (unpaired) electrons. The third kappa shape index (κ3) is 3.83. The summed E-state index contributed by atoms with van der Waals surface area (Å²) in [6, 6.07) is -0.571. The van der Waals surface area contributed by atoms with Crippen molar-refractivity contribution in [3.8, 4) is 0 Å². The van der Waals surface area contributed by atoms with Crippen LogP contribution in [-0.4, -0.2) is 35.5 Å². The molecule has 1 rings (SSSR count). The van der Waals surface area contributed by atoms with Crippen molar-refractivity contribution in [1.82, 2.24) is 15.3 Å². The molecule has 1 heterocycles. The van der Waals surface area contributed by atoms with E-state index in [1.165, 1.54) is 7.05 Å². The van der Waals surface area contributed by atoms with Crippen LogP contribution in [0.3, 0.4) is 0 Å². The molecule has 1 atom stereocenters. The highest BCUT2D eigenvalue weighted by molar-refractivity contribution is 5.83. The van der Waals surface area contributed by atoms with Gasteiger partial charge in [0.15, 0.2) is 11.6 Å². The van der Waals surface area contributed by atoms with Crippen molar-refractivity contribution < 1.29 is 9.18 Å². The Morgan fingerprint density at radius 3 is 2.89 bits per heavy atom. The lowest BCUT2D eigenvalue weighted by Crippen LogP contribution is -2.35. The summed E-state index contributed by atoms with van der Waals surface area (Å²) in [5, 5.41) is 8.12. The summed E-state index contributed by atoms with van der Waals surface area (Å²) < 4.78 is 13.5. The molecule has 0 aliphatic heterocycles. The monoisotopic (exact) mass is 255 g/mol. The first-order chi connectivity index (χ1) is 8.58. The maximum Gasteiger partial charge on any atom is 0.241 e. The van der Waals surface area contributed by atoms with Gasteiger partial charge in [-0.05, 0) is 13.3 Å². The molecule has 0 fully saturated rings. The van der Waals surface area contributed by atoms with E-state index < -0.39 is 11.9 Å². The van der Waals surface area contributed by atoms with E-state index in [-0.39, 0.29) is 11.7 Å². The Labute approximate surface area is 105 Å². The molecule has 6 nitrogen and oxygen atoms in total. The molecule has 0 aromatic carbocycles. The molecule has 0 aliphatic carbocycles. The number of amides is 1. The number of rotatable bonds is 6. The lowest BCUT2D eigenvalue weighted by Gasteiger charge is -2.14. The van der Waals surface area contributed by atoms with Crippen molar-refractivity contribution in [1.29, 1.82) is 0 Å². The van der Waals surface area contributed by atoms with Crippen LogP contribution >= 0.6 is 0 Å². The van der Waals surface area contributed by atoms with Crippen molar-refractivity contribution in [2.45, 2.75) is 26.3 Å². The zero-order valence-electron chi connectivity index (χ0n) is 10.7. The van der Waals surface area contributed by atoms with Gasteiger partial charge < -0.3 is 16.0 Å². The molecule has 0 spiro atoms. The average molecular weight is 255 g/mol. The molecule has 1 aromatic rings. The van der Waals surface area contributed by atoms with Gasteiger partial charge in [0.25, 0.3) is 0 Å². The topological polar surface area (TPSA) is 78.9 Å². The maximum absolute atomic E-state index is 13.5. The first-order valence-corrected chi connectivity index (χ1v) is 5.83. The zero-order valence-corrected chi connectivity index (χ0v) is 10.7. The van der Waals surface area contributed by atoms with E-state index in [9.17, 15) is 9.18 Å². The van der Waals surface area contributed by atoms with Gasteiger partial charge in [0.05, 0.1) is 6.20 Å². The first-order valence-electron chi connectivity index (χ1n) is 5.83. The second kappa shape index (κ2) is 6.73. The highest BCUT2D eigenvalue weighted by Crippen LogP contribution is 2.13. The second-order valence-electron chi connectivity index (χ2n) is 3.80. The lowest BCUT2D eigenvalue weighted by molar-refractivity contribution is -0.121. The normalized spacial score (nSPS) is 11.8. The van der Waals surface area contributed by atoms with Gasteiger partial charge in [-0.1, -0.05) is 6.92 Å². The van der Waals surface area contributed by atoms with Gasteiger partial charge in [0, 0.05) is 13.6 Å². The van der Waals surface area contributed by atoms with E-state index in [2.05, 4.69) is 25.9 Å². The number of aromatic nitrogens is 2. The fraction of sp³-hybridized carbons (Fsp3) is 0.545. The molecule has 1 aromatic heterocycles. The number of hydrogen-bond donors (Lipinski definition) is 3. The Bertz CT molecular complexity index is 412. The average Bonchev–Trinajstić information content (AvgIpc) is 2.38. The van der Waals surface area contributed by atoms with E-state index in [1.54, 1.807) is 6.92 Å². The maximum atomic E-state index is 13.5. The molecule has 1 unspecified atom stereocenters. The van der Waals surface area contributed by atoms with Crippen LogP contribution in [0.4, 0.5) is 16.2 Å². The van der Waals surface area contributed by atoms with Crippen molar-refractivity contribution in [3.63, 3.8) is 0 Å². The summed E-state index contributed by atoms with van der Waals surface area (Å²) in [5.74, 6) is -0.478. The Morgan fingerprint density at radius 1 is 1.56 bits per heavy atom. The standard InChI is InChI=1S/C11H18FN5O/c1-4-5-14-11-15-6-8(12)9(17-11)16-7(2)10(18)13-3/h6-7H,4-5H2,1-3H3,(H,13,18)(H2,14,15,16,17). The van der Waals surface area contributed by atoms with Crippen LogP contribution in [0.1, 0.15) is 20.3 Å². The SMILES string of the molecule is CCCNc1ncc(F)c(NC(C)C(=O)NC)n1. The minimum Gasteiger partial charge on any atom is -0.357 e. The number of likely N-dealkylation sites (N-methyl/N-ethyl adjacent to an activating group) is 1. The zero-order chi connectivity index (χ0) is 13.5. The Morgan fingerprint density at radius 2 is 2.28 bits per heavy atom. The third-order valence-corrected chi connectivity index (χ3v) is 2.27. The van der Waals surface area contributed by atoms with E-state index in [0.717, 1.165) is 12.6 Å². The largest absolute Gasteiger partial charge is 0.357 e. The molecule has 18 heavy (non-hydrogen) atoms. The predicted molar refractivity (Wildman–Crippen MR) is 67.9 cm³/mol. The third-order valence-electron chi connectivity index (χ3n) is 2.27. The van der Waals surface area contributed by atoms with Crippen LogP contribution in [0.2, 0.25) is 0 Å². The van der Waals surface area contributed by atoms with E-state index in [0.29, 0.717) is 12.5 Å². The Kier molecular flexibility index (Phi) is 5.29. The molecule has 100 valence electrons. The lowest BCUT2D eigenvalue weighted by atomic mass is 10.3. The highest BCUT2D eigenvalue weighted by atomic mass is 19.1. The number of nitrogens with zero attached hydrogens (tertiary/aromatic N) is 2. The molecule has 0 aliphatic rings. The number of carbonyl (C=O) groups excluding carboxylic acids is 1. The minimum absolute atomic E-state index is 0.0136. The van der Waals surface area contributed by atoms with Gasteiger partial charge >= 0.3 is 0 Å². The molecule has 3 N–H and O–H groups in total. The molecule has 0 bridgehead atoms. The van der Waals surface area contributed by atoms with Crippen molar-refractivity contribution in [2.75, 3.05) is 24.2 Å². The van der Waals surface area contributed by atoms with Gasteiger partial charge in [0.1, 0.15) is 6.04 Å². The number of hydrogen-bond acceptors (Lipinski definition) is 5. The summed E-state index contributed by atoms with van der Waals surface area (Å²) >= 11 is 0. The van der Waals surface area contributed by atoms with Crippen LogP contribution in [0, 0.1) is 5.82 Å². The van der Waals surface area contributed by atoms with Crippen LogP contribution in [0.25, 0.3) is 0 Å². The van der Waals surface area contributed by atoms with Crippen LogP contribution in [0.5, 0.6) is 0 Å². The smallest absolute Gasteiger partial charge is 0.241 e. The van der Waals surface area contributed by atoms with Gasteiger partial charge in [-0.25, -0.2) is 9.37 Å². The number of nitrogens with one attached hydrogen (secondary N) is 3. The van der Waals surface area contributed by atoms with Gasteiger partial charge in [-0.3, -0.25) is 4.79 Å². The molecule has 7 heteroatoms. The second-order valence-corrected chi connectivity index (χ2v) is 3.80. The summed E-state index contributed by atoms with van der Waals surface area (Å²) in [6.07, 6.45) is 1.99. The van der Waals surface area contributed by atoms with Crippen molar-refractivity contribution in [2.24, 2.45) is 0 Å². The summed E-state index contributed by atoms with van der Waals surface area (Å²) in [5.41, 5.74) is 0. The number of halogens is 1. The Hall–Kier alpha value is -1.92. The molecule has 0 saturated heterocycles. The molecule has 0 saturated carbocycles. The molecular formula is C11H18FN5O. The van der Waals surface area contributed by atoms with Gasteiger partial charge in [-0.15, -0.1) is 0 Å². The van der Waals surface area contributed by atoms with Crippen molar-refractivity contribution in [3.05, 3.63) is 12.0 Å². The first kappa shape index (κ1) is 14.1. The Balaban J connectivity index is 2.77. The fourth-order valence-electron chi connectivity index (χ4n) is 1.28. The number of carbonyl (C=O) groups is 1. The highest BCUT2D eigenvalue weighted by Gasteiger charge is 2.14. The van der Waals surface area contributed by atoms with E-state index in [1.807, 2.05) is 6.92 Å². The molecule has 1 amide bonds. The summed E-state index contributed by atoms with van der Waals surface area (Å²) in [6.45, 7) is 4.33. The van der Waals surface area contributed by atoms with E-state index in [4.69, 9.17) is 0 Å². The number of anilines is 2. The molecular weight excluding hydrogens is 237 g/mol. The van der Waals surface area contributed by atoms with Crippen LogP contribution in [0.15, 0.2) is 6.20 Å². The van der Waals surface area contributed by atoms with Crippen LogP contribution < -0.4 is 16.0 Å². The van der Waals surface area contributed by atoms with Gasteiger partial charge in [0.2, 0.25) is 11.9 Å². The van der Waals surface area contributed by atoms with Crippen molar-refractivity contribution >= 4 is 17.7 Å². The predicted octanol–water partition coefficient (Wildman–Crippen LogP) is 0.984. The van der Waals surface area contributed by atoms with Gasteiger partial charge in [-0.2, -0.15) is 4.98 Å². The minimum atomic E-state index is -0.590. The van der Waals surface area contributed by atoms with Crippen LogP contribution in [-0.2, 0) is 4.79 Å².